The number of hydrogen-bond donors (Lipinski definition) is 1. The van der Waals surface area contributed by atoms with E-state index in [1.165, 1.54) is 21.9 Å². The Hall–Kier alpha value is -1.96. The minimum absolute atomic E-state index is 0.843. The fourth-order valence-electron chi connectivity index (χ4n) is 2.54. The van der Waals surface area contributed by atoms with Crippen LogP contribution in [0.2, 0.25) is 0 Å². The minimum atomic E-state index is 0.843. The molecule has 2 aromatic carbocycles. The molecular weight excluding hydrogens is 196 g/mol. The number of fused-ring (bicyclic) bond motifs is 3. The maximum Gasteiger partial charge on any atom is 0.0722 e. The highest BCUT2D eigenvalue weighted by molar-refractivity contribution is 6.12. The molecule has 0 radical (unpaired) electrons. The van der Waals surface area contributed by atoms with E-state index < -0.39 is 0 Å². The summed E-state index contributed by atoms with van der Waals surface area (Å²) in [5, 5.41) is 2.56. The molecule has 0 atom stereocenters. The first-order valence-corrected chi connectivity index (χ1v) is 5.42. The summed E-state index contributed by atoms with van der Waals surface area (Å²) in [6.07, 6.45) is 0. The molecule has 0 aliphatic carbocycles. The van der Waals surface area contributed by atoms with Gasteiger partial charge in [0.1, 0.15) is 0 Å². The molecule has 0 spiro atoms. The zero-order chi connectivity index (χ0) is 11.3. The van der Waals surface area contributed by atoms with Gasteiger partial charge in [-0.1, -0.05) is 24.3 Å². The first-order chi connectivity index (χ1) is 7.70. The molecule has 0 unspecified atom stereocenters. The van der Waals surface area contributed by atoms with Crippen molar-refractivity contribution in [3.8, 4) is 0 Å². The summed E-state index contributed by atoms with van der Waals surface area (Å²) in [5.74, 6) is 0. The third-order valence-electron chi connectivity index (χ3n) is 3.28. The molecule has 3 aromatic rings. The van der Waals surface area contributed by atoms with E-state index in [0.29, 0.717) is 0 Å². The van der Waals surface area contributed by atoms with Crippen LogP contribution in [0.5, 0.6) is 0 Å². The third-order valence-corrected chi connectivity index (χ3v) is 3.28. The second-order valence-electron chi connectivity index (χ2n) is 4.27. The molecule has 2 nitrogen and oxygen atoms in total. The van der Waals surface area contributed by atoms with Crippen molar-refractivity contribution in [2.75, 3.05) is 5.73 Å². The highest BCUT2D eigenvalue weighted by atomic mass is 14.9. The zero-order valence-electron chi connectivity index (χ0n) is 9.49. The van der Waals surface area contributed by atoms with Crippen LogP contribution in [0.4, 0.5) is 5.69 Å². The molecule has 0 amide bonds. The predicted molar refractivity (Wildman–Crippen MR) is 69.6 cm³/mol. The summed E-state index contributed by atoms with van der Waals surface area (Å²) in [4.78, 5) is 0. The lowest BCUT2D eigenvalue weighted by Crippen LogP contribution is -1.92. The molecule has 0 aliphatic heterocycles. The van der Waals surface area contributed by atoms with Crippen molar-refractivity contribution in [2.24, 2.45) is 7.05 Å². The number of para-hydroxylation sites is 1. The fourth-order valence-corrected chi connectivity index (χ4v) is 2.54. The van der Waals surface area contributed by atoms with E-state index in [-0.39, 0.29) is 0 Å². The highest BCUT2D eigenvalue weighted by Gasteiger charge is 2.10. The van der Waals surface area contributed by atoms with Gasteiger partial charge in [-0.2, -0.15) is 0 Å². The van der Waals surface area contributed by atoms with Crippen LogP contribution in [0.15, 0.2) is 36.4 Å². The van der Waals surface area contributed by atoms with Crippen LogP contribution in [-0.4, -0.2) is 4.57 Å². The van der Waals surface area contributed by atoms with Gasteiger partial charge in [0, 0.05) is 23.3 Å². The summed E-state index contributed by atoms with van der Waals surface area (Å²) in [6.45, 7) is 2.14. The van der Waals surface area contributed by atoms with E-state index in [4.69, 9.17) is 5.73 Å². The Morgan fingerprint density at radius 2 is 1.81 bits per heavy atom. The van der Waals surface area contributed by atoms with Gasteiger partial charge in [0.15, 0.2) is 0 Å². The molecule has 0 saturated carbocycles. The maximum atomic E-state index is 6.05. The average molecular weight is 210 g/mol. The smallest absolute Gasteiger partial charge is 0.0722 e. The predicted octanol–water partition coefficient (Wildman–Crippen LogP) is 3.22. The molecule has 0 bridgehead atoms. The molecule has 80 valence electrons. The number of anilines is 1. The maximum absolute atomic E-state index is 6.05. The molecule has 0 aliphatic rings. The number of rotatable bonds is 0. The second-order valence-corrected chi connectivity index (χ2v) is 4.27. The van der Waals surface area contributed by atoms with E-state index in [9.17, 15) is 0 Å². The van der Waals surface area contributed by atoms with Gasteiger partial charge in [0.25, 0.3) is 0 Å². The number of hydrogen-bond acceptors (Lipinski definition) is 1. The van der Waals surface area contributed by atoms with Gasteiger partial charge in [-0.15, -0.1) is 0 Å². The van der Waals surface area contributed by atoms with Crippen molar-refractivity contribution in [2.45, 2.75) is 6.92 Å². The van der Waals surface area contributed by atoms with Crippen LogP contribution in [0.25, 0.3) is 21.8 Å². The largest absolute Gasteiger partial charge is 0.397 e. The second kappa shape index (κ2) is 3.01. The standard InChI is InChI=1S/C14H14N2/c1-9-5-3-8-12-13(9)10-6-4-7-11(15)14(10)16(12)2/h3-8H,15H2,1-2H3. The monoisotopic (exact) mass is 210 g/mol. The molecule has 0 fully saturated rings. The quantitative estimate of drug-likeness (QED) is 0.567. The molecule has 16 heavy (non-hydrogen) atoms. The van der Waals surface area contributed by atoms with Gasteiger partial charge in [-0.25, -0.2) is 0 Å². The van der Waals surface area contributed by atoms with Gasteiger partial charge in [-0.3, -0.25) is 0 Å². The van der Waals surface area contributed by atoms with Crippen LogP contribution in [0, 0.1) is 6.92 Å². The molecule has 3 rings (SSSR count). The molecule has 1 heterocycles. The van der Waals surface area contributed by atoms with Crippen LogP contribution in [0.1, 0.15) is 5.56 Å². The Kier molecular flexibility index (Phi) is 1.75. The molecule has 0 saturated heterocycles. The van der Waals surface area contributed by atoms with E-state index >= 15 is 0 Å². The molecule has 2 heteroatoms. The third kappa shape index (κ3) is 1.01. The fraction of sp³-hybridized carbons (Fsp3) is 0.143. The minimum Gasteiger partial charge on any atom is -0.397 e. The molecule has 2 N–H and O–H groups in total. The normalized spacial score (nSPS) is 11.4. The Balaban J connectivity index is 2.71. The number of aromatic nitrogens is 1. The van der Waals surface area contributed by atoms with Crippen molar-refractivity contribution in [1.82, 2.24) is 4.57 Å². The van der Waals surface area contributed by atoms with E-state index in [0.717, 1.165) is 11.2 Å². The lowest BCUT2D eigenvalue weighted by atomic mass is 10.1. The van der Waals surface area contributed by atoms with Gasteiger partial charge in [-0.05, 0) is 24.6 Å². The van der Waals surface area contributed by atoms with Crippen molar-refractivity contribution < 1.29 is 0 Å². The van der Waals surface area contributed by atoms with Crippen LogP contribution in [-0.2, 0) is 7.05 Å². The summed E-state index contributed by atoms with van der Waals surface area (Å²) in [6, 6.07) is 12.5. The SMILES string of the molecule is Cc1cccc2c1c1cccc(N)c1n2C. The van der Waals surface area contributed by atoms with Crippen LogP contribution < -0.4 is 5.73 Å². The zero-order valence-corrected chi connectivity index (χ0v) is 9.49. The first kappa shape index (κ1) is 9.28. The van der Waals surface area contributed by atoms with Gasteiger partial charge in [0.05, 0.1) is 11.2 Å². The lowest BCUT2D eigenvalue weighted by molar-refractivity contribution is 1.02. The highest BCUT2D eigenvalue weighted by Crippen LogP contribution is 2.33. The Labute approximate surface area is 94.3 Å². The summed E-state index contributed by atoms with van der Waals surface area (Å²) < 4.78 is 2.17. The number of aryl methyl sites for hydroxylation is 2. The van der Waals surface area contributed by atoms with Crippen molar-refractivity contribution in [3.63, 3.8) is 0 Å². The number of nitrogens with zero attached hydrogens (tertiary/aromatic N) is 1. The van der Waals surface area contributed by atoms with Gasteiger partial charge in [0.2, 0.25) is 0 Å². The molecule has 1 aromatic heterocycles. The van der Waals surface area contributed by atoms with Gasteiger partial charge < -0.3 is 10.3 Å². The number of benzene rings is 2. The van der Waals surface area contributed by atoms with E-state index in [1.54, 1.807) is 0 Å². The topological polar surface area (TPSA) is 30.9 Å². The van der Waals surface area contributed by atoms with Crippen molar-refractivity contribution >= 4 is 27.5 Å². The van der Waals surface area contributed by atoms with Crippen molar-refractivity contribution in [3.05, 3.63) is 42.0 Å². The van der Waals surface area contributed by atoms with Crippen molar-refractivity contribution in [1.29, 1.82) is 0 Å². The van der Waals surface area contributed by atoms with E-state index in [2.05, 4.69) is 42.8 Å². The lowest BCUT2D eigenvalue weighted by Gasteiger charge is -2.00. The Morgan fingerprint density at radius 1 is 1.06 bits per heavy atom. The average Bonchev–Trinajstić information content (AvgIpc) is 2.56. The van der Waals surface area contributed by atoms with Crippen LogP contribution >= 0.6 is 0 Å². The van der Waals surface area contributed by atoms with Gasteiger partial charge >= 0.3 is 0 Å². The summed E-state index contributed by atoms with van der Waals surface area (Å²) >= 11 is 0. The number of nitrogen functional groups attached to an aromatic ring is 1. The summed E-state index contributed by atoms with van der Waals surface area (Å²) in [7, 11) is 2.07. The van der Waals surface area contributed by atoms with Crippen LogP contribution in [0.3, 0.4) is 0 Å². The Morgan fingerprint density at radius 3 is 2.62 bits per heavy atom. The number of nitrogens with two attached hydrogens (primary N) is 1. The Bertz CT molecular complexity index is 693. The van der Waals surface area contributed by atoms with E-state index in [1.807, 2.05) is 12.1 Å². The molecular formula is C14H14N2. The summed E-state index contributed by atoms with van der Waals surface area (Å²) in [5.41, 5.74) is 10.6. The first-order valence-electron chi connectivity index (χ1n) is 5.42.